The molecular formula is C50H55N3O. The molecule has 54 heavy (non-hydrogen) atoms. The van der Waals surface area contributed by atoms with E-state index in [2.05, 4.69) is 191 Å². The van der Waals surface area contributed by atoms with Crippen molar-refractivity contribution in [3.8, 4) is 45.2 Å². The van der Waals surface area contributed by atoms with E-state index in [0.717, 1.165) is 66.8 Å². The van der Waals surface area contributed by atoms with E-state index in [9.17, 15) is 5.11 Å². The van der Waals surface area contributed by atoms with Crippen molar-refractivity contribution in [3.63, 3.8) is 0 Å². The monoisotopic (exact) mass is 713 g/mol. The summed E-state index contributed by atoms with van der Waals surface area (Å²) >= 11 is 0. The molecule has 7 aromatic rings. The normalized spacial score (nSPS) is 12.9. The van der Waals surface area contributed by atoms with Crippen molar-refractivity contribution >= 4 is 21.8 Å². The van der Waals surface area contributed by atoms with Crippen molar-refractivity contribution in [2.45, 2.75) is 105 Å². The van der Waals surface area contributed by atoms with Gasteiger partial charge in [-0.25, -0.2) is 4.98 Å². The number of para-hydroxylation sites is 1. The Bertz CT molecular complexity index is 2520. The summed E-state index contributed by atoms with van der Waals surface area (Å²) in [6.07, 6.45) is 1.91. The molecule has 0 bridgehead atoms. The van der Waals surface area contributed by atoms with Crippen LogP contribution in [0.4, 0.5) is 0 Å². The van der Waals surface area contributed by atoms with Gasteiger partial charge in [0.2, 0.25) is 0 Å². The highest BCUT2D eigenvalue weighted by Crippen LogP contribution is 2.43. The number of benzene rings is 4. The van der Waals surface area contributed by atoms with Gasteiger partial charge in [0.05, 0.1) is 22.4 Å². The molecule has 0 amide bonds. The first-order valence-corrected chi connectivity index (χ1v) is 19.2. The molecule has 0 aliphatic carbocycles. The summed E-state index contributed by atoms with van der Waals surface area (Å²) in [5.74, 6) is 1.11. The van der Waals surface area contributed by atoms with Crippen molar-refractivity contribution in [3.05, 3.63) is 132 Å². The van der Waals surface area contributed by atoms with Gasteiger partial charge in [0.15, 0.2) is 0 Å². The Kier molecular flexibility index (Phi) is 8.91. The molecule has 0 atom stereocenters. The van der Waals surface area contributed by atoms with Crippen LogP contribution in [0.25, 0.3) is 61.3 Å². The van der Waals surface area contributed by atoms with Gasteiger partial charge < -0.3 is 5.11 Å². The predicted octanol–water partition coefficient (Wildman–Crippen LogP) is 13.5. The van der Waals surface area contributed by atoms with Gasteiger partial charge in [-0.15, -0.1) is 0 Å². The highest BCUT2D eigenvalue weighted by Gasteiger charge is 2.28. The summed E-state index contributed by atoms with van der Waals surface area (Å²) in [4.78, 5) is 10.3. The van der Waals surface area contributed by atoms with Gasteiger partial charge in [-0.3, -0.25) is 9.55 Å². The molecule has 0 saturated carbocycles. The maximum atomic E-state index is 12.0. The fourth-order valence-corrected chi connectivity index (χ4v) is 7.34. The molecule has 0 radical (unpaired) electrons. The third kappa shape index (κ3) is 6.95. The summed E-state index contributed by atoms with van der Waals surface area (Å²) in [7, 11) is 0. The molecule has 4 aromatic carbocycles. The maximum Gasteiger partial charge on any atom is 0.138 e. The average Bonchev–Trinajstić information content (AvgIpc) is 3.43. The number of nitrogens with zero attached hydrogens (tertiary/aromatic N) is 3. The maximum absolute atomic E-state index is 12.0. The number of fused-ring (bicyclic) bond motifs is 3. The standard InChI is InChI=1S/C50H55N3O/c1-47(2,3)34-20-17-31(18-21-34)32-23-24-51-41(25-32)33-19-22-38-37-15-13-14-16-43(37)53(44(38)26-33)45-30-36(49(7,8)9)29-42(52-45)39-27-35(48(4,5)6)28-40(46(39)54)50(10,11)12/h13-30,54H,1-12H3. The van der Waals surface area contributed by atoms with E-state index in [1.807, 2.05) is 6.20 Å². The highest BCUT2D eigenvalue weighted by atomic mass is 16.3. The first-order chi connectivity index (χ1) is 25.2. The fraction of sp³-hybridized carbons (Fsp3) is 0.320. The average molecular weight is 714 g/mol. The van der Waals surface area contributed by atoms with E-state index in [1.165, 1.54) is 16.7 Å². The molecule has 7 rings (SSSR count). The second-order valence-corrected chi connectivity index (χ2v) is 19.1. The summed E-state index contributed by atoms with van der Waals surface area (Å²) in [5, 5.41) is 14.3. The number of hydrogen-bond acceptors (Lipinski definition) is 3. The Morgan fingerprint density at radius 3 is 1.74 bits per heavy atom. The van der Waals surface area contributed by atoms with Crippen molar-refractivity contribution < 1.29 is 5.11 Å². The predicted molar refractivity (Wildman–Crippen MR) is 229 cm³/mol. The second-order valence-electron chi connectivity index (χ2n) is 19.1. The largest absolute Gasteiger partial charge is 0.507 e. The number of phenols is 1. The molecule has 4 nitrogen and oxygen atoms in total. The lowest BCUT2D eigenvalue weighted by molar-refractivity contribution is 0.446. The van der Waals surface area contributed by atoms with Crippen LogP contribution in [0.15, 0.2) is 109 Å². The number of hydrogen-bond donors (Lipinski definition) is 1. The fourth-order valence-electron chi connectivity index (χ4n) is 7.34. The molecule has 0 aliphatic heterocycles. The van der Waals surface area contributed by atoms with Crippen molar-refractivity contribution in [1.82, 2.24) is 14.5 Å². The lowest BCUT2D eigenvalue weighted by atomic mass is 9.78. The Morgan fingerprint density at radius 2 is 1.09 bits per heavy atom. The van der Waals surface area contributed by atoms with Crippen LogP contribution in [-0.4, -0.2) is 19.6 Å². The molecule has 3 aromatic heterocycles. The Hall–Kier alpha value is -5.22. The first kappa shape index (κ1) is 37.1. The van der Waals surface area contributed by atoms with Gasteiger partial charge in [-0.1, -0.05) is 144 Å². The van der Waals surface area contributed by atoms with E-state index in [4.69, 9.17) is 9.97 Å². The Balaban J connectivity index is 1.45. The summed E-state index contributed by atoms with van der Waals surface area (Å²) in [5.41, 5.74) is 12.1. The molecule has 0 saturated heterocycles. The number of pyridine rings is 2. The number of aromatic hydroxyl groups is 1. The minimum atomic E-state index is -0.255. The second kappa shape index (κ2) is 13.0. The van der Waals surface area contributed by atoms with Crippen molar-refractivity contribution in [2.75, 3.05) is 0 Å². The summed E-state index contributed by atoms with van der Waals surface area (Å²) < 4.78 is 2.29. The van der Waals surface area contributed by atoms with E-state index < -0.39 is 0 Å². The molecule has 4 heteroatoms. The Morgan fingerprint density at radius 1 is 0.481 bits per heavy atom. The molecule has 0 unspecified atom stereocenters. The zero-order valence-corrected chi connectivity index (χ0v) is 34.2. The molecule has 0 aliphatic rings. The van der Waals surface area contributed by atoms with Gasteiger partial charge in [0.1, 0.15) is 11.6 Å². The third-order valence-electron chi connectivity index (χ3n) is 10.8. The van der Waals surface area contributed by atoms with Crippen LogP contribution < -0.4 is 0 Å². The van der Waals surface area contributed by atoms with Gasteiger partial charge in [0, 0.05) is 33.7 Å². The number of aromatic nitrogens is 3. The molecular weight excluding hydrogens is 659 g/mol. The SMILES string of the molecule is CC(C)(C)c1ccc(-c2ccnc(-c3ccc4c5ccccc5n(-c5cc(C(C)(C)C)cc(-c6cc(C(C)(C)C)cc(C(C)(C)C)c6O)n5)c4c3)c2)cc1. The van der Waals surface area contributed by atoms with Gasteiger partial charge in [0.25, 0.3) is 0 Å². The first-order valence-electron chi connectivity index (χ1n) is 19.2. The van der Waals surface area contributed by atoms with Gasteiger partial charge in [-0.05, 0) is 91.9 Å². The summed E-state index contributed by atoms with van der Waals surface area (Å²) in [6, 6.07) is 37.1. The van der Waals surface area contributed by atoms with Crippen molar-refractivity contribution in [2.24, 2.45) is 0 Å². The van der Waals surface area contributed by atoms with Crippen molar-refractivity contribution in [1.29, 1.82) is 0 Å². The van der Waals surface area contributed by atoms with Crippen LogP contribution in [0, 0.1) is 0 Å². The van der Waals surface area contributed by atoms with Crippen LogP contribution in [0.2, 0.25) is 0 Å². The Labute approximate surface area is 322 Å². The topological polar surface area (TPSA) is 50.9 Å². The molecule has 0 fully saturated rings. The minimum absolute atomic E-state index is 0.101. The number of phenolic OH excluding ortho intramolecular Hbond substituents is 1. The zero-order chi connectivity index (χ0) is 39.0. The van der Waals surface area contributed by atoms with E-state index >= 15 is 0 Å². The lowest BCUT2D eigenvalue weighted by Gasteiger charge is -2.28. The molecule has 276 valence electrons. The lowest BCUT2D eigenvalue weighted by Crippen LogP contribution is -2.17. The van der Waals surface area contributed by atoms with E-state index in [-0.39, 0.29) is 21.7 Å². The summed E-state index contributed by atoms with van der Waals surface area (Å²) in [6.45, 7) is 26.6. The van der Waals surface area contributed by atoms with Crippen LogP contribution in [0.3, 0.4) is 0 Å². The van der Waals surface area contributed by atoms with Crippen LogP contribution in [0.1, 0.15) is 105 Å². The minimum Gasteiger partial charge on any atom is -0.507 e. The van der Waals surface area contributed by atoms with E-state index in [1.54, 1.807) is 0 Å². The molecule has 3 heterocycles. The quantitative estimate of drug-likeness (QED) is 0.198. The molecule has 0 spiro atoms. The van der Waals surface area contributed by atoms with E-state index in [0.29, 0.717) is 5.75 Å². The smallest absolute Gasteiger partial charge is 0.138 e. The van der Waals surface area contributed by atoms with Gasteiger partial charge in [-0.2, -0.15) is 0 Å². The van der Waals surface area contributed by atoms with Gasteiger partial charge >= 0.3 is 0 Å². The number of rotatable bonds is 4. The van der Waals surface area contributed by atoms with Crippen LogP contribution in [0.5, 0.6) is 5.75 Å². The van der Waals surface area contributed by atoms with Crippen LogP contribution >= 0.6 is 0 Å². The zero-order valence-electron chi connectivity index (χ0n) is 34.2. The van der Waals surface area contributed by atoms with Crippen LogP contribution in [-0.2, 0) is 21.7 Å². The third-order valence-corrected chi connectivity index (χ3v) is 10.8. The highest BCUT2D eigenvalue weighted by molar-refractivity contribution is 6.10. The molecule has 1 N–H and O–H groups in total.